The van der Waals surface area contributed by atoms with E-state index >= 15 is 0 Å². The van der Waals surface area contributed by atoms with E-state index in [0.29, 0.717) is 0 Å². The lowest BCUT2D eigenvalue weighted by molar-refractivity contribution is -0.122. The van der Waals surface area contributed by atoms with Crippen LogP contribution in [0.25, 0.3) is 0 Å². The van der Waals surface area contributed by atoms with Gasteiger partial charge in [0, 0.05) is 26.1 Å². The molecule has 2 aliphatic heterocycles. The average molecular weight is 381 g/mol. The van der Waals surface area contributed by atoms with Gasteiger partial charge in [0.15, 0.2) is 0 Å². The van der Waals surface area contributed by atoms with Crippen LogP contribution in [0.3, 0.4) is 0 Å². The van der Waals surface area contributed by atoms with Crippen molar-refractivity contribution in [1.29, 1.82) is 0 Å². The van der Waals surface area contributed by atoms with Gasteiger partial charge in [0.2, 0.25) is 11.8 Å². The number of hydrogen-bond acceptors (Lipinski definition) is 3. The molecule has 2 aromatic carbocycles. The van der Waals surface area contributed by atoms with Crippen molar-refractivity contribution in [2.24, 2.45) is 5.92 Å². The normalized spacial score (nSPS) is 19.4. The molecule has 0 aromatic heterocycles. The summed E-state index contributed by atoms with van der Waals surface area (Å²) in [4.78, 5) is 28.9. The third-order valence-corrected chi connectivity index (χ3v) is 5.50. The molecule has 0 spiro atoms. The molecule has 2 aliphatic rings. The first-order chi connectivity index (χ1) is 13.5. The second-order valence-corrected chi connectivity index (χ2v) is 7.56. The largest absolute Gasteiger partial charge is 0.370 e. The van der Waals surface area contributed by atoms with Gasteiger partial charge in [-0.25, -0.2) is 4.39 Å². The van der Waals surface area contributed by atoms with Crippen LogP contribution in [-0.2, 0) is 9.59 Å². The van der Waals surface area contributed by atoms with Gasteiger partial charge in [0.25, 0.3) is 0 Å². The van der Waals surface area contributed by atoms with Gasteiger partial charge in [-0.15, -0.1) is 0 Å². The number of amides is 2. The molecule has 0 aliphatic carbocycles. The van der Waals surface area contributed by atoms with E-state index < -0.39 is 11.7 Å². The van der Waals surface area contributed by atoms with E-state index in [1.807, 2.05) is 24.3 Å². The SMILES string of the molecule is Cc1ccc(N2CC(C(=O)Nc3ccccc3N3CCCC3)CC2=O)c(F)c1. The maximum Gasteiger partial charge on any atom is 0.229 e. The van der Waals surface area contributed by atoms with Crippen molar-refractivity contribution in [3.05, 3.63) is 53.8 Å². The fourth-order valence-electron chi connectivity index (χ4n) is 3.99. The van der Waals surface area contributed by atoms with Crippen molar-refractivity contribution >= 4 is 28.9 Å². The van der Waals surface area contributed by atoms with Crippen LogP contribution in [0.5, 0.6) is 0 Å². The van der Waals surface area contributed by atoms with E-state index in [0.717, 1.165) is 42.9 Å². The minimum atomic E-state index is -0.500. The Morgan fingerprint density at radius 2 is 1.86 bits per heavy atom. The van der Waals surface area contributed by atoms with Crippen molar-refractivity contribution in [2.75, 3.05) is 34.8 Å². The molecule has 146 valence electrons. The topological polar surface area (TPSA) is 52.7 Å². The van der Waals surface area contributed by atoms with E-state index in [9.17, 15) is 14.0 Å². The number of carbonyl (C=O) groups excluding carboxylic acids is 2. The molecule has 2 aromatic rings. The fourth-order valence-corrected chi connectivity index (χ4v) is 3.99. The first-order valence-electron chi connectivity index (χ1n) is 9.74. The maximum atomic E-state index is 14.3. The molecule has 1 atom stereocenters. The molecule has 2 heterocycles. The minimum Gasteiger partial charge on any atom is -0.370 e. The Morgan fingerprint density at radius 1 is 1.11 bits per heavy atom. The van der Waals surface area contributed by atoms with Crippen LogP contribution in [0.4, 0.5) is 21.5 Å². The third-order valence-electron chi connectivity index (χ3n) is 5.50. The van der Waals surface area contributed by atoms with Crippen molar-refractivity contribution in [2.45, 2.75) is 26.2 Å². The summed E-state index contributed by atoms with van der Waals surface area (Å²) in [6.45, 7) is 3.95. The van der Waals surface area contributed by atoms with E-state index in [4.69, 9.17) is 0 Å². The van der Waals surface area contributed by atoms with Crippen LogP contribution in [0.1, 0.15) is 24.8 Å². The van der Waals surface area contributed by atoms with Gasteiger partial charge in [0.1, 0.15) is 5.82 Å². The fraction of sp³-hybridized carbons (Fsp3) is 0.364. The highest BCUT2D eigenvalue weighted by Gasteiger charge is 2.36. The molecule has 2 saturated heterocycles. The van der Waals surface area contributed by atoms with Crippen molar-refractivity contribution in [1.82, 2.24) is 0 Å². The molecule has 28 heavy (non-hydrogen) atoms. The van der Waals surface area contributed by atoms with Crippen LogP contribution in [0, 0.1) is 18.7 Å². The Labute approximate surface area is 164 Å². The molecule has 1 N–H and O–H groups in total. The zero-order chi connectivity index (χ0) is 19.7. The molecular formula is C22H24FN3O2. The van der Waals surface area contributed by atoms with Crippen molar-refractivity contribution in [3.63, 3.8) is 0 Å². The second kappa shape index (κ2) is 7.62. The number of benzene rings is 2. The minimum absolute atomic E-state index is 0.0883. The standard InChI is InChI=1S/C22H24FN3O2/c1-15-8-9-19(17(23)12-15)26-14-16(13-21(26)27)22(28)24-18-6-2-3-7-20(18)25-10-4-5-11-25/h2-3,6-9,12,16H,4-5,10-11,13-14H2,1H3,(H,24,28). The second-order valence-electron chi connectivity index (χ2n) is 7.56. The lowest BCUT2D eigenvalue weighted by atomic mass is 10.1. The Kier molecular flexibility index (Phi) is 5.03. The van der Waals surface area contributed by atoms with Crippen LogP contribution in [0.2, 0.25) is 0 Å². The first-order valence-corrected chi connectivity index (χ1v) is 9.74. The number of carbonyl (C=O) groups is 2. The predicted molar refractivity (Wildman–Crippen MR) is 108 cm³/mol. The summed E-state index contributed by atoms with van der Waals surface area (Å²) in [6.07, 6.45) is 2.39. The van der Waals surface area contributed by atoms with Crippen molar-refractivity contribution in [3.8, 4) is 0 Å². The summed E-state index contributed by atoms with van der Waals surface area (Å²) in [5, 5.41) is 2.99. The van der Waals surface area contributed by atoms with Gasteiger partial charge < -0.3 is 15.1 Å². The number of nitrogens with zero attached hydrogens (tertiary/aromatic N) is 2. The number of halogens is 1. The smallest absolute Gasteiger partial charge is 0.229 e. The number of anilines is 3. The zero-order valence-electron chi connectivity index (χ0n) is 16.0. The monoisotopic (exact) mass is 381 g/mol. The molecule has 0 bridgehead atoms. The predicted octanol–water partition coefficient (Wildman–Crippen LogP) is 3.73. The Balaban J connectivity index is 1.49. The molecule has 0 radical (unpaired) electrons. The molecule has 0 saturated carbocycles. The van der Waals surface area contributed by atoms with Crippen LogP contribution in [-0.4, -0.2) is 31.4 Å². The molecule has 2 amide bonds. The summed E-state index contributed by atoms with van der Waals surface area (Å²) in [7, 11) is 0. The Morgan fingerprint density at radius 3 is 2.61 bits per heavy atom. The first kappa shape index (κ1) is 18.5. The summed E-state index contributed by atoms with van der Waals surface area (Å²) in [5.41, 5.74) is 2.81. The highest BCUT2D eigenvalue weighted by atomic mass is 19.1. The third kappa shape index (κ3) is 3.59. The number of hydrogen-bond donors (Lipinski definition) is 1. The van der Waals surface area contributed by atoms with Gasteiger partial charge in [-0.3, -0.25) is 9.59 Å². The van der Waals surface area contributed by atoms with E-state index in [1.54, 1.807) is 19.1 Å². The lowest BCUT2D eigenvalue weighted by Gasteiger charge is -2.22. The maximum absolute atomic E-state index is 14.3. The number of nitrogens with one attached hydrogen (secondary N) is 1. The van der Waals surface area contributed by atoms with Gasteiger partial charge in [-0.05, 0) is 49.6 Å². The zero-order valence-corrected chi connectivity index (χ0v) is 16.0. The van der Waals surface area contributed by atoms with Crippen LogP contribution < -0.4 is 15.1 Å². The van der Waals surface area contributed by atoms with Gasteiger partial charge in [-0.1, -0.05) is 18.2 Å². The Bertz CT molecular complexity index is 908. The molecule has 5 nitrogen and oxygen atoms in total. The van der Waals surface area contributed by atoms with Crippen molar-refractivity contribution < 1.29 is 14.0 Å². The van der Waals surface area contributed by atoms with E-state index in [-0.39, 0.29) is 30.5 Å². The number of aryl methyl sites for hydroxylation is 1. The highest BCUT2D eigenvalue weighted by molar-refractivity contribution is 6.04. The molecule has 4 rings (SSSR count). The van der Waals surface area contributed by atoms with Crippen LogP contribution in [0.15, 0.2) is 42.5 Å². The van der Waals surface area contributed by atoms with Gasteiger partial charge >= 0.3 is 0 Å². The summed E-state index contributed by atoms with van der Waals surface area (Å²) < 4.78 is 14.3. The molecule has 2 fully saturated rings. The molecule has 6 heteroatoms. The lowest BCUT2D eigenvalue weighted by Crippen LogP contribution is -2.29. The number of rotatable bonds is 4. The molecule has 1 unspecified atom stereocenters. The highest BCUT2D eigenvalue weighted by Crippen LogP contribution is 2.31. The summed E-state index contributed by atoms with van der Waals surface area (Å²) >= 11 is 0. The Hall–Kier alpha value is -2.89. The van der Waals surface area contributed by atoms with Gasteiger partial charge in [-0.2, -0.15) is 0 Å². The van der Waals surface area contributed by atoms with E-state index in [1.165, 1.54) is 11.0 Å². The van der Waals surface area contributed by atoms with Crippen LogP contribution >= 0.6 is 0 Å². The van der Waals surface area contributed by atoms with Gasteiger partial charge in [0.05, 0.1) is 23.0 Å². The summed E-state index contributed by atoms with van der Waals surface area (Å²) in [6, 6.07) is 12.5. The quantitative estimate of drug-likeness (QED) is 0.878. The average Bonchev–Trinajstić information content (AvgIpc) is 3.32. The van der Waals surface area contributed by atoms with E-state index in [2.05, 4.69) is 10.2 Å². The molecular weight excluding hydrogens is 357 g/mol. The number of para-hydroxylation sites is 2. The summed E-state index contributed by atoms with van der Waals surface area (Å²) in [5.74, 6) is -1.36.